The molecule has 180 valence electrons. The fourth-order valence-electron chi connectivity index (χ4n) is 3.58. The Hall–Kier alpha value is -2.93. The van der Waals surface area contributed by atoms with E-state index in [9.17, 15) is 9.59 Å². The van der Waals surface area contributed by atoms with Crippen LogP contribution < -0.4 is 10.9 Å². The molecule has 0 aliphatic carbocycles. The zero-order valence-electron chi connectivity index (χ0n) is 20.7. The van der Waals surface area contributed by atoms with Gasteiger partial charge in [-0.15, -0.1) is 0 Å². The molecule has 2 aromatic heterocycles. The zero-order chi connectivity index (χ0) is 24.7. The largest absolute Gasteiger partial charge is 0.352 e. The van der Waals surface area contributed by atoms with Crippen LogP contribution in [-0.4, -0.2) is 26.2 Å². The minimum Gasteiger partial charge on any atom is -0.352 e. The predicted molar refractivity (Wildman–Crippen MR) is 138 cm³/mol. The molecule has 3 rings (SSSR count). The Morgan fingerprint density at radius 2 is 1.74 bits per heavy atom. The summed E-state index contributed by atoms with van der Waals surface area (Å²) in [6.45, 7) is 8.98. The number of hydrogen-bond acceptors (Lipinski definition) is 5. The van der Waals surface area contributed by atoms with E-state index in [2.05, 4.69) is 55.3 Å². The van der Waals surface area contributed by atoms with Gasteiger partial charge in [-0.3, -0.25) is 19.1 Å². The fraction of sp³-hybridized carbons (Fsp3) is 0.407. The summed E-state index contributed by atoms with van der Waals surface area (Å²) in [6, 6.07) is 12.2. The summed E-state index contributed by atoms with van der Waals surface area (Å²) in [7, 11) is 1.77. The van der Waals surface area contributed by atoms with Crippen molar-refractivity contribution in [2.75, 3.05) is 5.75 Å². The Morgan fingerprint density at radius 1 is 1.06 bits per heavy atom. The van der Waals surface area contributed by atoms with E-state index in [0.717, 1.165) is 28.1 Å². The molecule has 2 heterocycles. The third-order valence-corrected chi connectivity index (χ3v) is 6.89. The molecule has 7 heteroatoms. The van der Waals surface area contributed by atoms with Gasteiger partial charge in [0.05, 0.1) is 0 Å². The highest BCUT2D eigenvalue weighted by atomic mass is 32.2. The highest BCUT2D eigenvalue weighted by molar-refractivity contribution is 7.99. The molecule has 0 bridgehead atoms. The maximum atomic E-state index is 13.0. The lowest BCUT2D eigenvalue weighted by molar-refractivity contribution is -0.121. The van der Waals surface area contributed by atoms with Crippen LogP contribution >= 0.6 is 11.8 Å². The predicted octanol–water partition coefficient (Wildman–Crippen LogP) is 4.56. The number of aryl methyl sites for hydroxylation is 1. The minimum atomic E-state index is -0.00927. The SMILES string of the molecule is Cc1nc(SCCCC(=O)NCc2ccncc2)n(C)c(=O)c1Cc1ccc(C(C)(C)C)cc1. The van der Waals surface area contributed by atoms with E-state index in [-0.39, 0.29) is 16.9 Å². The van der Waals surface area contributed by atoms with Crippen LogP contribution in [0.2, 0.25) is 0 Å². The van der Waals surface area contributed by atoms with E-state index in [1.165, 1.54) is 17.3 Å². The molecule has 0 unspecified atom stereocenters. The number of carbonyl (C=O) groups excluding carboxylic acids is 1. The van der Waals surface area contributed by atoms with Crippen LogP contribution in [-0.2, 0) is 30.2 Å². The van der Waals surface area contributed by atoms with Gasteiger partial charge in [-0.2, -0.15) is 0 Å². The van der Waals surface area contributed by atoms with E-state index in [0.29, 0.717) is 31.0 Å². The van der Waals surface area contributed by atoms with Gasteiger partial charge in [0.2, 0.25) is 5.91 Å². The first-order chi connectivity index (χ1) is 16.1. The molecule has 1 amide bonds. The molecule has 0 saturated carbocycles. The minimum absolute atomic E-state index is 0.00927. The molecule has 0 aliphatic heterocycles. The lowest BCUT2D eigenvalue weighted by Crippen LogP contribution is -2.26. The van der Waals surface area contributed by atoms with Crippen molar-refractivity contribution in [2.45, 2.75) is 64.1 Å². The maximum absolute atomic E-state index is 13.0. The second-order valence-electron chi connectivity index (χ2n) is 9.53. The van der Waals surface area contributed by atoms with E-state index < -0.39 is 0 Å². The summed E-state index contributed by atoms with van der Waals surface area (Å²) in [6.07, 6.45) is 5.15. The number of benzene rings is 1. The fourth-order valence-corrected chi connectivity index (χ4v) is 4.52. The van der Waals surface area contributed by atoms with Crippen LogP contribution in [0.3, 0.4) is 0 Å². The van der Waals surface area contributed by atoms with E-state index in [1.54, 1.807) is 24.0 Å². The molecule has 0 atom stereocenters. The summed E-state index contributed by atoms with van der Waals surface area (Å²) in [5.74, 6) is 0.735. The van der Waals surface area contributed by atoms with Crippen molar-refractivity contribution in [2.24, 2.45) is 7.05 Å². The summed E-state index contributed by atoms with van der Waals surface area (Å²) in [4.78, 5) is 33.8. The van der Waals surface area contributed by atoms with Crippen molar-refractivity contribution in [1.82, 2.24) is 19.9 Å². The molecule has 6 nitrogen and oxygen atoms in total. The Morgan fingerprint density at radius 3 is 2.38 bits per heavy atom. The molecule has 0 fully saturated rings. The number of pyridine rings is 1. The lowest BCUT2D eigenvalue weighted by Gasteiger charge is -2.19. The molecular weight excluding hydrogens is 444 g/mol. The first kappa shape index (κ1) is 25.7. The quantitative estimate of drug-likeness (QED) is 0.277. The van der Waals surface area contributed by atoms with E-state index in [1.807, 2.05) is 19.1 Å². The van der Waals surface area contributed by atoms with Crippen molar-refractivity contribution >= 4 is 17.7 Å². The number of amides is 1. The summed E-state index contributed by atoms with van der Waals surface area (Å²) in [5.41, 5.74) is 4.99. The van der Waals surface area contributed by atoms with Crippen LogP contribution in [0.25, 0.3) is 0 Å². The molecule has 1 N–H and O–H groups in total. The van der Waals surface area contributed by atoms with Gasteiger partial charge in [-0.1, -0.05) is 56.8 Å². The van der Waals surface area contributed by atoms with Crippen LogP contribution in [0.4, 0.5) is 0 Å². The zero-order valence-corrected chi connectivity index (χ0v) is 21.5. The highest BCUT2D eigenvalue weighted by Gasteiger charge is 2.15. The Kier molecular flexibility index (Phi) is 8.67. The smallest absolute Gasteiger partial charge is 0.257 e. The molecule has 0 saturated heterocycles. The standard InChI is InChI=1S/C27H34N4O2S/c1-19-23(17-20-8-10-22(11-9-20)27(2,3)4)25(33)31(5)26(30-19)34-16-6-7-24(32)29-18-21-12-14-28-15-13-21/h8-15H,6-7,16-18H2,1-5H3,(H,29,32). The van der Waals surface area contributed by atoms with Crippen molar-refractivity contribution < 1.29 is 4.79 Å². The van der Waals surface area contributed by atoms with Crippen LogP contribution in [0.5, 0.6) is 0 Å². The number of carbonyl (C=O) groups is 1. The van der Waals surface area contributed by atoms with Gasteiger partial charge in [0.15, 0.2) is 5.16 Å². The molecule has 0 spiro atoms. The molecule has 3 aromatic rings. The van der Waals surface area contributed by atoms with Crippen LogP contribution in [0, 0.1) is 6.92 Å². The number of rotatable bonds is 9. The van der Waals surface area contributed by atoms with Crippen LogP contribution in [0.15, 0.2) is 58.7 Å². The van der Waals surface area contributed by atoms with Gasteiger partial charge >= 0.3 is 0 Å². The lowest BCUT2D eigenvalue weighted by atomic mass is 9.86. The third-order valence-electron chi connectivity index (χ3n) is 5.77. The van der Waals surface area contributed by atoms with Gasteiger partial charge in [-0.05, 0) is 47.6 Å². The average molecular weight is 479 g/mol. The van der Waals surface area contributed by atoms with Gasteiger partial charge < -0.3 is 5.32 Å². The number of hydrogen-bond donors (Lipinski definition) is 1. The van der Waals surface area contributed by atoms with Crippen molar-refractivity contribution in [1.29, 1.82) is 0 Å². The molecule has 1 aromatic carbocycles. The molecule has 34 heavy (non-hydrogen) atoms. The first-order valence-electron chi connectivity index (χ1n) is 11.6. The molecular formula is C27H34N4O2S. The second-order valence-corrected chi connectivity index (χ2v) is 10.6. The summed E-state index contributed by atoms with van der Waals surface area (Å²) >= 11 is 1.52. The van der Waals surface area contributed by atoms with Crippen LogP contribution in [0.1, 0.15) is 61.6 Å². The van der Waals surface area contributed by atoms with Gasteiger partial charge in [0.1, 0.15) is 0 Å². The van der Waals surface area contributed by atoms with E-state index >= 15 is 0 Å². The number of thioether (sulfide) groups is 1. The number of nitrogens with zero attached hydrogens (tertiary/aromatic N) is 3. The van der Waals surface area contributed by atoms with Crippen molar-refractivity contribution in [3.63, 3.8) is 0 Å². The third kappa shape index (κ3) is 7.03. The van der Waals surface area contributed by atoms with Crippen molar-refractivity contribution in [3.8, 4) is 0 Å². The molecule has 0 aliphatic rings. The monoisotopic (exact) mass is 478 g/mol. The van der Waals surface area contributed by atoms with Gasteiger partial charge in [0.25, 0.3) is 5.56 Å². The summed E-state index contributed by atoms with van der Waals surface area (Å²) in [5, 5.41) is 3.61. The van der Waals surface area contributed by atoms with Gasteiger partial charge in [-0.25, -0.2) is 4.98 Å². The van der Waals surface area contributed by atoms with E-state index in [4.69, 9.17) is 4.98 Å². The topological polar surface area (TPSA) is 76.9 Å². The number of nitrogens with one attached hydrogen (secondary N) is 1. The second kappa shape index (κ2) is 11.5. The van der Waals surface area contributed by atoms with Gasteiger partial charge in [0, 0.05) is 55.8 Å². The Labute approximate surface area is 206 Å². The Bertz CT molecular complexity index is 1170. The summed E-state index contributed by atoms with van der Waals surface area (Å²) < 4.78 is 1.63. The Balaban J connectivity index is 1.54. The van der Waals surface area contributed by atoms with Crippen molar-refractivity contribution in [3.05, 3.63) is 87.1 Å². The molecule has 0 radical (unpaired) electrons. The normalized spacial score (nSPS) is 11.4. The maximum Gasteiger partial charge on any atom is 0.257 e. The highest BCUT2D eigenvalue weighted by Crippen LogP contribution is 2.23. The average Bonchev–Trinajstić information content (AvgIpc) is 2.81. The number of aromatic nitrogens is 3. The first-order valence-corrected chi connectivity index (χ1v) is 12.6.